The summed E-state index contributed by atoms with van der Waals surface area (Å²) < 4.78 is 0. The van der Waals surface area contributed by atoms with Crippen LogP contribution < -0.4 is 5.73 Å². The number of rotatable bonds is 5. The van der Waals surface area contributed by atoms with Gasteiger partial charge in [-0.25, -0.2) is 0 Å². The fraction of sp³-hybridized carbons (Fsp3) is 0.708. The summed E-state index contributed by atoms with van der Waals surface area (Å²) in [4.78, 5) is 34.4. The molecule has 0 unspecified atom stereocenters. The second-order valence-electron chi connectivity index (χ2n) is 9.51. The molecule has 1 aromatic heterocycles. The monoisotopic (exact) mass is 412 g/mol. The predicted octanol–water partition coefficient (Wildman–Crippen LogP) is 3.26. The van der Waals surface area contributed by atoms with Crippen molar-refractivity contribution in [3.63, 3.8) is 0 Å². The number of ketones is 1. The van der Waals surface area contributed by atoms with Crippen LogP contribution in [-0.2, 0) is 16.1 Å². The average Bonchev–Trinajstić information content (AvgIpc) is 2.79. The highest BCUT2D eigenvalue weighted by molar-refractivity contribution is 5.84. The summed E-state index contributed by atoms with van der Waals surface area (Å²) in [6, 6.07) is 1.98. The first-order valence-corrected chi connectivity index (χ1v) is 11.8. The number of piperidine rings is 2. The van der Waals surface area contributed by atoms with Gasteiger partial charge in [-0.2, -0.15) is 0 Å². The van der Waals surface area contributed by atoms with Gasteiger partial charge >= 0.3 is 0 Å². The number of aromatic nitrogens is 1. The Bertz CT molecular complexity index is 730. The maximum atomic E-state index is 13.0. The van der Waals surface area contributed by atoms with E-state index >= 15 is 0 Å². The van der Waals surface area contributed by atoms with E-state index in [-0.39, 0.29) is 11.8 Å². The van der Waals surface area contributed by atoms with Gasteiger partial charge in [0.2, 0.25) is 5.91 Å². The van der Waals surface area contributed by atoms with Crippen molar-refractivity contribution in [2.45, 2.75) is 64.3 Å². The van der Waals surface area contributed by atoms with Crippen molar-refractivity contribution in [3.8, 4) is 0 Å². The Kier molecular flexibility index (Phi) is 7.03. The molecule has 1 amide bonds. The lowest BCUT2D eigenvalue weighted by molar-refractivity contribution is -0.141. The summed E-state index contributed by atoms with van der Waals surface area (Å²) in [5, 5.41) is 0. The Morgan fingerprint density at radius 3 is 2.17 bits per heavy atom. The molecule has 4 rings (SSSR count). The number of carbonyl (C=O) groups excluding carboxylic acids is 2. The van der Waals surface area contributed by atoms with Crippen LogP contribution >= 0.6 is 0 Å². The molecular weight excluding hydrogens is 376 g/mol. The van der Waals surface area contributed by atoms with Gasteiger partial charge in [-0.1, -0.05) is 19.3 Å². The van der Waals surface area contributed by atoms with E-state index in [0.717, 1.165) is 76.8 Å². The van der Waals surface area contributed by atoms with Crippen LogP contribution in [0, 0.1) is 17.8 Å². The van der Waals surface area contributed by atoms with Crippen LogP contribution in [0.4, 0.5) is 5.69 Å². The molecule has 164 valence electrons. The molecule has 1 aliphatic carbocycles. The number of carbonyl (C=O) groups is 2. The van der Waals surface area contributed by atoms with Crippen molar-refractivity contribution in [1.29, 1.82) is 0 Å². The van der Waals surface area contributed by atoms with Crippen molar-refractivity contribution in [1.82, 2.24) is 14.8 Å². The minimum absolute atomic E-state index is 0.130. The number of nitrogens with zero attached hydrogens (tertiary/aromatic N) is 3. The number of Topliss-reactive ketones (excluding diaryl/α,β-unsaturated/α-hetero) is 1. The third kappa shape index (κ3) is 5.20. The maximum Gasteiger partial charge on any atom is 0.225 e. The summed E-state index contributed by atoms with van der Waals surface area (Å²) in [6.45, 7) is 4.23. The number of nitrogens with two attached hydrogens (primary N) is 1. The standard InChI is InChI=1S/C24H36N4O2/c25-22-14-18(15-26-16-22)17-27-10-6-21(7-11-27)24(30)28-12-8-20(9-13-28)23(29)19-4-2-1-3-5-19/h14-16,19-21H,1-13,17,25H2. The first-order chi connectivity index (χ1) is 14.6. The Labute approximate surface area is 180 Å². The number of anilines is 1. The molecule has 2 aliphatic heterocycles. The molecule has 2 saturated heterocycles. The largest absolute Gasteiger partial charge is 0.397 e. The summed E-state index contributed by atoms with van der Waals surface area (Å²) in [6.07, 6.45) is 13.0. The van der Waals surface area contributed by atoms with Gasteiger partial charge in [0.05, 0.1) is 5.69 Å². The van der Waals surface area contributed by atoms with Gasteiger partial charge in [-0.05, 0) is 63.2 Å². The molecule has 2 N–H and O–H groups in total. The van der Waals surface area contributed by atoms with E-state index in [0.29, 0.717) is 23.3 Å². The van der Waals surface area contributed by atoms with Crippen molar-refractivity contribution >= 4 is 17.4 Å². The van der Waals surface area contributed by atoms with Crippen LogP contribution in [0.3, 0.4) is 0 Å². The van der Waals surface area contributed by atoms with E-state index in [4.69, 9.17) is 5.73 Å². The highest BCUT2D eigenvalue weighted by Crippen LogP contribution is 2.31. The number of likely N-dealkylation sites (tertiary alicyclic amines) is 2. The van der Waals surface area contributed by atoms with Gasteiger partial charge in [0.15, 0.2) is 0 Å². The Morgan fingerprint density at radius 2 is 1.50 bits per heavy atom. The van der Waals surface area contributed by atoms with E-state index in [1.165, 1.54) is 19.3 Å². The summed E-state index contributed by atoms with van der Waals surface area (Å²) >= 11 is 0. The minimum Gasteiger partial charge on any atom is -0.397 e. The number of nitrogen functional groups attached to an aromatic ring is 1. The van der Waals surface area contributed by atoms with Gasteiger partial charge in [-0.3, -0.25) is 19.5 Å². The highest BCUT2D eigenvalue weighted by atomic mass is 16.2. The van der Waals surface area contributed by atoms with E-state index in [9.17, 15) is 9.59 Å². The summed E-state index contributed by atoms with van der Waals surface area (Å²) in [5.74, 6) is 1.41. The predicted molar refractivity (Wildman–Crippen MR) is 118 cm³/mol. The fourth-order valence-corrected chi connectivity index (χ4v) is 5.55. The van der Waals surface area contributed by atoms with Crippen molar-refractivity contribution in [2.24, 2.45) is 17.8 Å². The fourth-order valence-electron chi connectivity index (χ4n) is 5.55. The minimum atomic E-state index is 0.130. The molecule has 1 aromatic rings. The number of hydrogen-bond acceptors (Lipinski definition) is 5. The van der Waals surface area contributed by atoms with E-state index in [1.54, 1.807) is 6.20 Å². The SMILES string of the molecule is Nc1cncc(CN2CCC(C(=O)N3CCC(C(=O)C4CCCCC4)CC3)CC2)c1. The van der Waals surface area contributed by atoms with Crippen molar-refractivity contribution in [3.05, 3.63) is 24.0 Å². The van der Waals surface area contributed by atoms with E-state index in [1.807, 2.05) is 17.2 Å². The molecule has 3 aliphatic rings. The molecule has 0 aromatic carbocycles. The van der Waals surface area contributed by atoms with Gasteiger partial charge in [0.1, 0.15) is 5.78 Å². The molecule has 1 saturated carbocycles. The van der Waals surface area contributed by atoms with Crippen molar-refractivity contribution in [2.75, 3.05) is 31.9 Å². The molecule has 0 atom stereocenters. The lowest BCUT2D eigenvalue weighted by Crippen LogP contribution is -2.46. The quantitative estimate of drug-likeness (QED) is 0.803. The second-order valence-corrected chi connectivity index (χ2v) is 9.51. The lowest BCUT2D eigenvalue weighted by Gasteiger charge is -2.37. The van der Waals surface area contributed by atoms with Gasteiger partial charge < -0.3 is 10.6 Å². The highest BCUT2D eigenvalue weighted by Gasteiger charge is 2.34. The number of pyridine rings is 1. The maximum absolute atomic E-state index is 13.0. The van der Waals surface area contributed by atoms with Crippen LogP contribution in [0.2, 0.25) is 0 Å². The van der Waals surface area contributed by atoms with Gasteiger partial charge in [-0.15, -0.1) is 0 Å². The zero-order valence-corrected chi connectivity index (χ0v) is 18.1. The second kappa shape index (κ2) is 9.90. The molecule has 6 heteroatoms. The molecule has 30 heavy (non-hydrogen) atoms. The number of hydrogen-bond donors (Lipinski definition) is 1. The first kappa shape index (κ1) is 21.3. The molecule has 6 nitrogen and oxygen atoms in total. The van der Waals surface area contributed by atoms with Crippen LogP contribution in [0.15, 0.2) is 18.5 Å². The normalized spacial score (nSPS) is 22.9. The Morgan fingerprint density at radius 1 is 0.867 bits per heavy atom. The lowest BCUT2D eigenvalue weighted by atomic mass is 9.78. The summed E-state index contributed by atoms with van der Waals surface area (Å²) in [5.41, 5.74) is 7.65. The Hall–Kier alpha value is -1.95. The van der Waals surface area contributed by atoms with Crippen LogP contribution in [0.25, 0.3) is 0 Å². The molecular formula is C24H36N4O2. The van der Waals surface area contributed by atoms with Gasteiger partial charge in [0.25, 0.3) is 0 Å². The van der Waals surface area contributed by atoms with Crippen LogP contribution in [0.5, 0.6) is 0 Å². The Balaban J connectivity index is 1.21. The number of amides is 1. The molecule has 0 spiro atoms. The van der Waals surface area contributed by atoms with Crippen LogP contribution in [0.1, 0.15) is 63.4 Å². The smallest absolute Gasteiger partial charge is 0.225 e. The third-order valence-corrected chi connectivity index (χ3v) is 7.38. The third-order valence-electron chi connectivity index (χ3n) is 7.38. The average molecular weight is 413 g/mol. The van der Waals surface area contributed by atoms with E-state index < -0.39 is 0 Å². The van der Waals surface area contributed by atoms with E-state index in [2.05, 4.69) is 9.88 Å². The first-order valence-electron chi connectivity index (χ1n) is 11.8. The topological polar surface area (TPSA) is 79.5 Å². The molecule has 3 fully saturated rings. The molecule has 0 radical (unpaired) electrons. The molecule has 3 heterocycles. The zero-order chi connectivity index (χ0) is 20.9. The van der Waals surface area contributed by atoms with Crippen molar-refractivity contribution < 1.29 is 9.59 Å². The summed E-state index contributed by atoms with van der Waals surface area (Å²) in [7, 11) is 0. The van der Waals surface area contributed by atoms with Gasteiger partial charge in [0, 0.05) is 49.8 Å². The van der Waals surface area contributed by atoms with Crippen LogP contribution in [-0.4, -0.2) is 52.7 Å². The molecule has 0 bridgehead atoms. The zero-order valence-electron chi connectivity index (χ0n) is 18.1.